The highest BCUT2D eigenvalue weighted by Crippen LogP contribution is 2.27. The van der Waals surface area contributed by atoms with Crippen LogP contribution in [0.3, 0.4) is 0 Å². The van der Waals surface area contributed by atoms with E-state index in [1.807, 2.05) is 61.5 Å². The van der Waals surface area contributed by atoms with E-state index in [1.54, 1.807) is 42.5 Å². The van der Waals surface area contributed by atoms with Gasteiger partial charge < -0.3 is 15.0 Å². The van der Waals surface area contributed by atoms with Crippen molar-refractivity contribution in [3.05, 3.63) is 125 Å². The predicted octanol–water partition coefficient (Wildman–Crippen LogP) is 7.13. The van der Waals surface area contributed by atoms with E-state index in [0.29, 0.717) is 18.0 Å². The maximum Gasteiger partial charge on any atom is 0.264 e. The van der Waals surface area contributed by atoms with E-state index in [2.05, 4.69) is 21.2 Å². The molecular weight excluding hydrogens is 690 g/mol. The lowest BCUT2D eigenvalue weighted by molar-refractivity contribution is -0.140. The van der Waals surface area contributed by atoms with Crippen LogP contribution in [0.1, 0.15) is 50.2 Å². The molecule has 0 bridgehead atoms. The number of ether oxygens (including phenoxy) is 1. The van der Waals surface area contributed by atoms with E-state index in [-0.39, 0.29) is 29.8 Å². The van der Waals surface area contributed by atoms with Crippen molar-refractivity contribution >= 4 is 43.5 Å². The molecule has 0 aliphatic heterocycles. The van der Waals surface area contributed by atoms with Crippen LogP contribution in [0.5, 0.6) is 5.75 Å². The van der Waals surface area contributed by atoms with Gasteiger partial charge in [0.1, 0.15) is 18.3 Å². The minimum Gasteiger partial charge on any atom is -0.494 e. The summed E-state index contributed by atoms with van der Waals surface area (Å²) in [5.41, 5.74) is 2.02. The fourth-order valence-corrected chi connectivity index (χ4v) is 7.71. The predicted molar refractivity (Wildman–Crippen MR) is 192 cm³/mol. The Hall–Kier alpha value is -4.15. The molecule has 4 aromatic carbocycles. The van der Waals surface area contributed by atoms with Crippen LogP contribution in [-0.4, -0.2) is 50.4 Å². The topological polar surface area (TPSA) is 96.0 Å². The van der Waals surface area contributed by atoms with Crippen LogP contribution in [0, 0.1) is 0 Å². The summed E-state index contributed by atoms with van der Waals surface area (Å²) in [5, 5.41) is 3.24. The third kappa shape index (κ3) is 9.26. The summed E-state index contributed by atoms with van der Waals surface area (Å²) >= 11 is 3.48. The second kappa shape index (κ2) is 16.8. The minimum atomic E-state index is -4.18. The minimum absolute atomic E-state index is 0.0352. The van der Waals surface area contributed by atoms with Gasteiger partial charge in [0.25, 0.3) is 10.0 Å². The first kappa shape index (κ1) is 35.2. The van der Waals surface area contributed by atoms with Crippen molar-refractivity contribution in [2.45, 2.75) is 69.0 Å². The Morgan fingerprint density at radius 2 is 1.46 bits per heavy atom. The van der Waals surface area contributed by atoms with Gasteiger partial charge in [0.2, 0.25) is 11.8 Å². The molecule has 2 amide bonds. The third-order valence-corrected chi connectivity index (χ3v) is 10.9. The number of rotatable bonds is 14. The first-order chi connectivity index (χ1) is 23.2. The lowest BCUT2D eigenvalue weighted by Gasteiger charge is -2.35. The van der Waals surface area contributed by atoms with Gasteiger partial charge in [-0.1, -0.05) is 95.9 Å². The van der Waals surface area contributed by atoms with Crippen molar-refractivity contribution in [1.29, 1.82) is 0 Å². The molecular formula is C38H42BrN3O5S. The number of carbonyl (C=O) groups is 2. The van der Waals surface area contributed by atoms with Gasteiger partial charge in [0, 0.05) is 23.5 Å². The molecule has 0 unspecified atom stereocenters. The van der Waals surface area contributed by atoms with Crippen LogP contribution in [0.25, 0.3) is 0 Å². The number of hydrogen-bond donors (Lipinski definition) is 1. The van der Waals surface area contributed by atoms with E-state index >= 15 is 0 Å². The third-order valence-electron chi connectivity index (χ3n) is 8.53. The normalized spacial score (nSPS) is 14.1. The zero-order valence-corrected chi connectivity index (χ0v) is 29.5. The van der Waals surface area contributed by atoms with Gasteiger partial charge in [-0.2, -0.15) is 0 Å². The van der Waals surface area contributed by atoms with Crippen molar-refractivity contribution in [2.75, 3.05) is 17.5 Å². The Bertz CT molecular complexity index is 1730. The van der Waals surface area contributed by atoms with Crippen molar-refractivity contribution in [1.82, 2.24) is 10.2 Å². The van der Waals surface area contributed by atoms with Crippen molar-refractivity contribution < 1.29 is 22.7 Å². The molecule has 252 valence electrons. The second-order valence-corrected chi connectivity index (χ2v) is 14.7. The maximum absolute atomic E-state index is 14.7. The average Bonchev–Trinajstić information content (AvgIpc) is 3.11. The Balaban J connectivity index is 1.55. The lowest BCUT2D eigenvalue weighted by Crippen LogP contribution is -2.55. The summed E-state index contributed by atoms with van der Waals surface area (Å²) in [4.78, 5) is 30.5. The van der Waals surface area contributed by atoms with E-state index in [0.717, 1.165) is 52.0 Å². The van der Waals surface area contributed by atoms with Crippen LogP contribution in [0.2, 0.25) is 0 Å². The molecule has 8 nitrogen and oxygen atoms in total. The lowest BCUT2D eigenvalue weighted by atomic mass is 9.94. The molecule has 1 saturated carbocycles. The molecule has 1 aliphatic rings. The van der Waals surface area contributed by atoms with Crippen LogP contribution in [-0.2, 0) is 32.6 Å². The van der Waals surface area contributed by atoms with Crippen LogP contribution in [0.4, 0.5) is 5.69 Å². The number of amides is 2. The van der Waals surface area contributed by atoms with E-state index in [4.69, 9.17) is 4.74 Å². The van der Waals surface area contributed by atoms with Gasteiger partial charge >= 0.3 is 0 Å². The molecule has 4 aromatic rings. The molecule has 10 heteroatoms. The zero-order chi connectivity index (χ0) is 33.9. The van der Waals surface area contributed by atoms with Gasteiger partial charge in [0.15, 0.2) is 0 Å². The summed E-state index contributed by atoms with van der Waals surface area (Å²) in [6, 6.07) is 31.0. The first-order valence-corrected chi connectivity index (χ1v) is 18.7. The molecule has 1 fully saturated rings. The Kier molecular flexibility index (Phi) is 12.3. The first-order valence-electron chi connectivity index (χ1n) is 16.4. The number of nitrogens with zero attached hydrogens (tertiary/aromatic N) is 2. The van der Waals surface area contributed by atoms with Crippen molar-refractivity contribution in [2.24, 2.45) is 0 Å². The number of halogens is 1. The molecule has 0 saturated heterocycles. The summed E-state index contributed by atoms with van der Waals surface area (Å²) in [6.45, 7) is 1.93. The van der Waals surface area contributed by atoms with E-state index in [1.165, 1.54) is 17.0 Å². The van der Waals surface area contributed by atoms with E-state index < -0.39 is 28.5 Å². The fourth-order valence-electron chi connectivity index (χ4n) is 6.01. The van der Waals surface area contributed by atoms with Crippen LogP contribution in [0.15, 0.2) is 119 Å². The SMILES string of the molecule is CCOc1ccc(N(CC(=O)N(Cc2ccc(Br)cc2)[C@H](Cc2ccccc2)C(=O)NC2CCCCC2)S(=O)(=O)c2ccccc2)cc1. The number of hydrogen-bond acceptors (Lipinski definition) is 5. The largest absolute Gasteiger partial charge is 0.494 e. The molecule has 0 radical (unpaired) electrons. The Labute approximate surface area is 292 Å². The van der Waals surface area contributed by atoms with E-state index in [9.17, 15) is 18.0 Å². The van der Waals surface area contributed by atoms with Crippen molar-refractivity contribution in [3.63, 3.8) is 0 Å². The number of anilines is 1. The average molecular weight is 733 g/mol. The fraction of sp³-hybridized carbons (Fsp3) is 0.316. The molecule has 48 heavy (non-hydrogen) atoms. The molecule has 1 atom stereocenters. The molecule has 0 heterocycles. The summed E-state index contributed by atoms with van der Waals surface area (Å²) in [5.74, 6) is -0.149. The van der Waals surface area contributed by atoms with Crippen LogP contribution < -0.4 is 14.4 Å². The van der Waals surface area contributed by atoms with Gasteiger partial charge in [0.05, 0.1) is 17.2 Å². The summed E-state index contributed by atoms with van der Waals surface area (Å²) in [6.07, 6.45) is 5.30. The molecule has 1 aliphatic carbocycles. The second-order valence-electron chi connectivity index (χ2n) is 11.9. The monoisotopic (exact) mass is 731 g/mol. The van der Waals surface area contributed by atoms with Gasteiger partial charge in [-0.25, -0.2) is 8.42 Å². The van der Waals surface area contributed by atoms with Gasteiger partial charge in [-0.15, -0.1) is 0 Å². The number of benzene rings is 4. The highest BCUT2D eigenvalue weighted by molar-refractivity contribution is 9.10. The van der Waals surface area contributed by atoms with Gasteiger partial charge in [-0.05, 0) is 79.4 Å². The zero-order valence-electron chi connectivity index (χ0n) is 27.1. The standard InChI is InChI=1S/C38H42BrN3O5S/c1-2-47-34-24-22-33(23-25-34)42(48(45,46)35-16-10-5-11-17-35)28-37(43)41(27-30-18-20-31(39)21-19-30)36(26-29-12-6-3-7-13-29)38(44)40-32-14-8-4-9-15-32/h3,5-7,10-13,16-25,32,36H,2,4,8-9,14-15,26-28H2,1H3,(H,40,44)/t36-/m1/s1. The number of carbonyl (C=O) groups excluding carboxylic acids is 2. The number of sulfonamides is 1. The smallest absolute Gasteiger partial charge is 0.264 e. The molecule has 0 spiro atoms. The summed E-state index contributed by atoms with van der Waals surface area (Å²) in [7, 11) is -4.18. The molecule has 0 aromatic heterocycles. The highest BCUT2D eigenvalue weighted by Gasteiger charge is 2.35. The summed E-state index contributed by atoms with van der Waals surface area (Å²) < 4.78 is 36.0. The highest BCUT2D eigenvalue weighted by atomic mass is 79.9. The quantitative estimate of drug-likeness (QED) is 0.149. The molecule has 1 N–H and O–H groups in total. The Morgan fingerprint density at radius 1 is 0.833 bits per heavy atom. The maximum atomic E-state index is 14.7. The van der Waals surface area contributed by atoms with Crippen LogP contribution >= 0.6 is 15.9 Å². The van der Waals surface area contributed by atoms with Crippen molar-refractivity contribution in [3.8, 4) is 5.75 Å². The number of nitrogens with one attached hydrogen (secondary N) is 1. The van der Waals surface area contributed by atoms with Gasteiger partial charge in [-0.3, -0.25) is 13.9 Å². The Morgan fingerprint density at radius 3 is 2.08 bits per heavy atom. The molecule has 5 rings (SSSR count).